The highest BCUT2D eigenvalue weighted by Crippen LogP contribution is 2.35. The first-order valence-corrected chi connectivity index (χ1v) is 6.53. The molecule has 2 aromatic rings. The number of rotatable bonds is 6. The Bertz CT molecular complexity index is 513. The van der Waals surface area contributed by atoms with Crippen molar-refractivity contribution in [3.05, 3.63) is 30.6 Å². The Morgan fingerprint density at radius 3 is 3.06 bits per heavy atom. The second-order valence-corrected chi connectivity index (χ2v) is 4.75. The van der Waals surface area contributed by atoms with Crippen LogP contribution in [0.3, 0.4) is 0 Å². The van der Waals surface area contributed by atoms with Crippen molar-refractivity contribution in [2.75, 3.05) is 0 Å². The molecule has 0 bridgehead atoms. The summed E-state index contributed by atoms with van der Waals surface area (Å²) in [6.07, 6.45) is 11.1. The van der Waals surface area contributed by atoms with Crippen LogP contribution in [0, 0.1) is 0 Å². The summed E-state index contributed by atoms with van der Waals surface area (Å²) < 4.78 is 9.88. The molecule has 0 aliphatic heterocycles. The molecule has 18 heavy (non-hydrogen) atoms. The zero-order valence-electron chi connectivity index (χ0n) is 10.6. The third-order valence-electron chi connectivity index (χ3n) is 3.14. The van der Waals surface area contributed by atoms with Gasteiger partial charge < -0.3 is 9.30 Å². The predicted octanol–water partition coefficient (Wildman–Crippen LogP) is 2.40. The fraction of sp³-hybridized carbons (Fsp3) is 0.538. The number of hydrogen-bond acceptors (Lipinski definition) is 3. The van der Waals surface area contributed by atoms with Crippen LogP contribution in [0.15, 0.2) is 24.9 Å². The predicted molar refractivity (Wildman–Crippen MR) is 67.3 cm³/mol. The molecule has 1 aliphatic rings. The Hall–Kier alpha value is -1.78. The summed E-state index contributed by atoms with van der Waals surface area (Å²) in [5.74, 6) is 0.826. The monoisotopic (exact) mass is 246 g/mol. The van der Waals surface area contributed by atoms with Gasteiger partial charge in [-0.05, 0) is 19.3 Å². The Kier molecular flexibility index (Phi) is 3.04. The molecule has 0 atom stereocenters. The van der Waals surface area contributed by atoms with Crippen molar-refractivity contribution in [3.63, 3.8) is 0 Å². The van der Waals surface area contributed by atoms with E-state index in [2.05, 4.69) is 21.6 Å². The van der Waals surface area contributed by atoms with Crippen LogP contribution in [0.5, 0.6) is 5.75 Å². The smallest absolute Gasteiger partial charge is 0.157 e. The summed E-state index contributed by atoms with van der Waals surface area (Å²) in [4.78, 5) is 4.19. The van der Waals surface area contributed by atoms with Gasteiger partial charge in [-0.15, -0.1) is 0 Å². The zero-order chi connectivity index (χ0) is 12.4. The van der Waals surface area contributed by atoms with Crippen LogP contribution in [-0.4, -0.2) is 19.3 Å². The van der Waals surface area contributed by atoms with Gasteiger partial charge in [0.05, 0.1) is 30.6 Å². The molecule has 2 heterocycles. The number of ether oxygens (including phenoxy) is 1. The summed E-state index contributed by atoms with van der Waals surface area (Å²) in [5, 5.41) is 4.24. The van der Waals surface area contributed by atoms with Crippen molar-refractivity contribution in [2.45, 2.75) is 45.4 Å². The Balaban J connectivity index is 1.60. The molecule has 1 aliphatic carbocycles. The highest BCUT2D eigenvalue weighted by atomic mass is 16.5. The van der Waals surface area contributed by atoms with Gasteiger partial charge in [-0.1, -0.05) is 6.92 Å². The lowest BCUT2D eigenvalue weighted by molar-refractivity contribution is 0.294. The van der Waals surface area contributed by atoms with Gasteiger partial charge in [-0.25, -0.2) is 4.98 Å². The van der Waals surface area contributed by atoms with E-state index in [0.717, 1.165) is 24.4 Å². The molecule has 5 heteroatoms. The molecule has 3 rings (SSSR count). The first-order valence-electron chi connectivity index (χ1n) is 6.53. The Morgan fingerprint density at radius 2 is 2.28 bits per heavy atom. The summed E-state index contributed by atoms with van der Waals surface area (Å²) >= 11 is 0. The molecule has 0 aromatic carbocycles. The van der Waals surface area contributed by atoms with Gasteiger partial charge in [0, 0.05) is 12.6 Å². The molecule has 0 spiro atoms. The van der Waals surface area contributed by atoms with E-state index in [0.29, 0.717) is 12.6 Å². The van der Waals surface area contributed by atoms with Crippen LogP contribution in [0.2, 0.25) is 0 Å². The number of aryl methyl sites for hydroxylation is 1. The fourth-order valence-corrected chi connectivity index (χ4v) is 2.05. The van der Waals surface area contributed by atoms with Crippen LogP contribution >= 0.6 is 0 Å². The molecule has 0 saturated heterocycles. The van der Waals surface area contributed by atoms with Crippen LogP contribution < -0.4 is 4.74 Å². The number of imidazole rings is 1. The van der Waals surface area contributed by atoms with Gasteiger partial charge in [0.2, 0.25) is 0 Å². The summed E-state index contributed by atoms with van der Waals surface area (Å²) in [6, 6.07) is 0.647. The van der Waals surface area contributed by atoms with Crippen molar-refractivity contribution in [2.24, 2.45) is 0 Å². The third kappa shape index (κ3) is 2.39. The van der Waals surface area contributed by atoms with Crippen molar-refractivity contribution >= 4 is 0 Å². The number of aromatic nitrogens is 4. The first kappa shape index (κ1) is 11.3. The van der Waals surface area contributed by atoms with Gasteiger partial charge >= 0.3 is 0 Å². The normalized spacial score (nSPS) is 14.9. The highest BCUT2D eigenvalue weighted by Gasteiger charge is 2.25. The Labute approximate surface area is 106 Å². The van der Waals surface area contributed by atoms with Crippen molar-refractivity contribution in [1.29, 1.82) is 0 Å². The third-order valence-corrected chi connectivity index (χ3v) is 3.14. The summed E-state index contributed by atoms with van der Waals surface area (Å²) in [5.41, 5.74) is 1.14. The van der Waals surface area contributed by atoms with Crippen molar-refractivity contribution in [1.82, 2.24) is 19.3 Å². The van der Waals surface area contributed by atoms with E-state index in [9.17, 15) is 0 Å². The van der Waals surface area contributed by atoms with Gasteiger partial charge in [0.25, 0.3) is 0 Å². The Morgan fingerprint density at radius 1 is 1.39 bits per heavy atom. The molecule has 1 saturated carbocycles. The SMILES string of the molecule is CCCn1cc(OCc2cncn2C2CC2)cn1. The molecular formula is C13H18N4O. The second kappa shape index (κ2) is 4.84. The van der Waals surface area contributed by atoms with Gasteiger partial charge in [0.15, 0.2) is 5.75 Å². The standard InChI is InChI=1S/C13H18N4O/c1-2-5-16-8-13(7-15-16)18-9-12-6-14-10-17(12)11-3-4-11/h6-8,10-11H,2-5,9H2,1H3. The quantitative estimate of drug-likeness (QED) is 0.786. The molecule has 96 valence electrons. The molecule has 0 radical (unpaired) electrons. The second-order valence-electron chi connectivity index (χ2n) is 4.75. The maximum Gasteiger partial charge on any atom is 0.157 e. The van der Waals surface area contributed by atoms with Crippen LogP contribution in [0.25, 0.3) is 0 Å². The van der Waals surface area contributed by atoms with Crippen LogP contribution in [0.1, 0.15) is 37.9 Å². The molecule has 1 fully saturated rings. The highest BCUT2D eigenvalue weighted by molar-refractivity contribution is 5.13. The molecular weight excluding hydrogens is 228 g/mol. The molecule has 2 aromatic heterocycles. The maximum absolute atomic E-state index is 5.75. The molecule has 5 nitrogen and oxygen atoms in total. The number of nitrogens with zero attached hydrogens (tertiary/aromatic N) is 4. The van der Waals surface area contributed by atoms with Crippen molar-refractivity contribution < 1.29 is 4.74 Å². The van der Waals surface area contributed by atoms with E-state index < -0.39 is 0 Å². The minimum Gasteiger partial charge on any atom is -0.484 e. The van der Waals surface area contributed by atoms with Crippen molar-refractivity contribution in [3.8, 4) is 5.75 Å². The first-order chi connectivity index (χ1) is 8.86. The van der Waals surface area contributed by atoms with E-state index in [4.69, 9.17) is 4.74 Å². The molecule has 0 amide bonds. The van der Waals surface area contributed by atoms with E-state index in [1.54, 1.807) is 6.20 Å². The summed E-state index contributed by atoms with van der Waals surface area (Å²) in [7, 11) is 0. The van der Waals surface area contributed by atoms with Gasteiger partial charge in [0.1, 0.15) is 6.61 Å². The maximum atomic E-state index is 5.75. The summed E-state index contributed by atoms with van der Waals surface area (Å²) in [6.45, 7) is 3.63. The largest absolute Gasteiger partial charge is 0.484 e. The lowest BCUT2D eigenvalue weighted by Crippen LogP contribution is -2.03. The van der Waals surface area contributed by atoms with Crippen LogP contribution in [0.4, 0.5) is 0 Å². The van der Waals surface area contributed by atoms with E-state index in [1.165, 1.54) is 12.8 Å². The molecule has 0 N–H and O–H groups in total. The fourth-order valence-electron chi connectivity index (χ4n) is 2.05. The van der Waals surface area contributed by atoms with E-state index >= 15 is 0 Å². The van der Waals surface area contributed by atoms with Gasteiger partial charge in [-0.3, -0.25) is 4.68 Å². The average molecular weight is 246 g/mol. The van der Waals surface area contributed by atoms with Crippen LogP contribution in [-0.2, 0) is 13.2 Å². The average Bonchev–Trinajstić information content (AvgIpc) is 2.94. The van der Waals surface area contributed by atoms with E-state index in [1.807, 2.05) is 23.4 Å². The van der Waals surface area contributed by atoms with E-state index in [-0.39, 0.29) is 0 Å². The zero-order valence-corrected chi connectivity index (χ0v) is 10.6. The lowest BCUT2D eigenvalue weighted by atomic mass is 10.4. The molecule has 0 unspecified atom stereocenters. The topological polar surface area (TPSA) is 44.9 Å². The number of hydrogen-bond donors (Lipinski definition) is 0. The van der Waals surface area contributed by atoms with Gasteiger partial charge in [-0.2, -0.15) is 5.10 Å². The minimum absolute atomic E-state index is 0.564. The lowest BCUT2D eigenvalue weighted by Gasteiger charge is -2.06. The minimum atomic E-state index is 0.564.